The van der Waals surface area contributed by atoms with Crippen molar-refractivity contribution in [3.63, 3.8) is 0 Å². The Bertz CT molecular complexity index is 775. The molecule has 3 rings (SSSR count). The van der Waals surface area contributed by atoms with Crippen molar-refractivity contribution in [2.45, 2.75) is 19.9 Å². The number of hydrogen-bond acceptors (Lipinski definition) is 4. The summed E-state index contributed by atoms with van der Waals surface area (Å²) in [5.41, 5.74) is 3.70. The molecule has 1 aromatic carbocycles. The summed E-state index contributed by atoms with van der Waals surface area (Å²) in [4.78, 5) is 13.1. The molecule has 0 aliphatic heterocycles. The largest absolute Gasteiger partial charge is 0.394 e. The fourth-order valence-electron chi connectivity index (χ4n) is 2.46. The molecule has 5 nitrogen and oxygen atoms in total. The molecule has 0 bridgehead atoms. The van der Waals surface area contributed by atoms with E-state index >= 15 is 0 Å². The van der Waals surface area contributed by atoms with Crippen LogP contribution in [0.4, 0.5) is 0 Å². The van der Waals surface area contributed by atoms with Crippen molar-refractivity contribution in [3.8, 4) is 0 Å². The molecule has 0 aliphatic rings. The van der Waals surface area contributed by atoms with E-state index < -0.39 is 0 Å². The van der Waals surface area contributed by atoms with Crippen molar-refractivity contribution in [3.05, 3.63) is 66.1 Å². The van der Waals surface area contributed by atoms with E-state index in [9.17, 15) is 0 Å². The molecule has 2 heterocycles. The van der Waals surface area contributed by atoms with Gasteiger partial charge in [-0.3, -0.25) is 4.98 Å². The molecule has 0 aliphatic carbocycles. The number of hydrogen-bond donors (Lipinski definition) is 2. The predicted octanol–water partition coefficient (Wildman–Crippen LogP) is 3.33. The van der Waals surface area contributed by atoms with Gasteiger partial charge >= 0.3 is 0 Å². The van der Waals surface area contributed by atoms with E-state index in [1.54, 1.807) is 6.20 Å². The third-order valence-corrected chi connectivity index (χ3v) is 3.63. The molecule has 0 saturated heterocycles. The van der Waals surface area contributed by atoms with Gasteiger partial charge in [-0.25, -0.2) is 0 Å². The fourth-order valence-corrected chi connectivity index (χ4v) is 2.46. The third-order valence-electron chi connectivity index (χ3n) is 3.63. The molecule has 124 valence electrons. The topological polar surface area (TPSA) is 62.3 Å². The zero-order chi connectivity index (χ0) is 16.8. The summed E-state index contributed by atoms with van der Waals surface area (Å²) in [5.74, 6) is 0. The Labute approximate surface area is 141 Å². The molecule has 3 aromatic rings. The number of rotatable bonds is 7. The quantitative estimate of drug-likeness (QED) is 0.398. The Hall–Kier alpha value is -2.66. The van der Waals surface area contributed by atoms with Crippen molar-refractivity contribution in [2.75, 3.05) is 13.2 Å². The van der Waals surface area contributed by atoms with Crippen LogP contribution in [0.25, 0.3) is 10.9 Å². The highest BCUT2D eigenvalue weighted by Gasteiger charge is 2.11. The van der Waals surface area contributed by atoms with Crippen LogP contribution in [0.2, 0.25) is 0 Å². The summed E-state index contributed by atoms with van der Waals surface area (Å²) in [6.45, 7) is 5.50. The first kappa shape index (κ1) is 16.2. The molecule has 5 heteroatoms. The van der Waals surface area contributed by atoms with E-state index in [1.807, 2.05) is 42.6 Å². The van der Waals surface area contributed by atoms with E-state index in [0.717, 1.165) is 34.4 Å². The third kappa shape index (κ3) is 4.00. The summed E-state index contributed by atoms with van der Waals surface area (Å²) in [7, 11) is 0. The van der Waals surface area contributed by atoms with Crippen LogP contribution >= 0.6 is 0 Å². The molecular formula is C19H22N4O. The highest BCUT2D eigenvalue weighted by molar-refractivity contribution is 6.13. The molecular weight excluding hydrogens is 300 g/mol. The Kier molecular flexibility index (Phi) is 5.23. The fraction of sp³-hybridized carbons (Fsp3) is 0.263. The first-order valence-electron chi connectivity index (χ1n) is 8.16. The summed E-state index contributed by atoms with van der Waals surface area (Å²) in [6.07, 6.45) is 3.60. The number of aromatic amines is 1. The van der Waals surface area contributed by atoms with Crippen LogP contribution in [-0.4, -0.2) is 34.9 Å². The number of benzene rings is 1. The second-order valence-corrected chi connectivity index (χ2v) is 5.89. The van der Waals surface area contributed by atoms with Crippen LogP contribution in [-0.2, 0) is 4.84 Å². The minimum absolute atomic E-state index is 0.437. The van der Waals surface area contributed by atoms with Gasteiger partial charge in [0.1, 0.15) is 12.3 Å². The average molecular weight is 322 g/mol. The number of pyridine rings is 1. The van der Waals surface area contributed by atoms with Crippen molar-refractivity contribution in [2.24, 2.45) is 5.16 Å². The molecule has 0 saturated carbocycles. The number of aromatic nitrogens is 2. The number of oxime groups is 1. The summed E-state index contributed by atoms with van der Waals surface area (Å²) in [6, 6.07) is 14.5. The van der Waals surface area contributed by atoms with Crippen molar-refractivity contribution < 1.29 is 4.84 Å². The molecule has 0 spiro atoms. The minimum atomic E-state index is 0.437. The second kappa shape index (κ2) is 7.75. The Balaban J connectivity index is 1.85. The van der Waals surface area contributed by atoms with E-state index in [-0.39, 0.29) is 0 Å². The van der Waals surface area contributed by atoms with E-state index in [4.69, 9.17) is 4.84 Å². The Morgan fingerprint density at radius 3 is 2.83 bits per heavy atom. The van der Waals surface area contributed by atoms with Gasteiger partial charge in [-0.2, -0.15) is 0 Å². The molecule has 0 radical (unpaired) electrons. The highest BCUT2D eigenvalue weighted by atomic mass is 16.6. The van der Waals surface area contributed by atoms with Crippen LogP contribution in [0.15, 0.2) is 60.0 Å². The zero-order valence-corrected chi connectivity index (χ0v) is 14.0. The average Bonchev–Trinajstić information content (AvgIpc) is 3.02. The highest BCUT2D eigenvalue weighted by Crippen LogP contribution is 2.17. The standard InChI is InChI=1S/C19H22N4O/c1-14(2)21-10-11-24-23-19(15-6-4-3-5-7-15)17-12-16-8-9-20-13-18(16)22-17/h3-9,12-14,21-22H,10-11H2,1-2H3. The van der Waals surface area contributed by atoms with Gasteiger partial charge in [-0.15, -0.1) is 0 Å². The summed E-state index contributed by atoms with van der Waals surface area (Å²) in [5, 5.41) is 8.79. The SMILES string of the molecule is CC(C)NCCON=C(c1ccccc1)c1cc2ccncc2[nH]1. The Morgan fingerprint density at radius 2 is 2.08 bits per heavy atom. The van der Waals surface area contributed by atoms with Gasteiger partial charge < -0.3 is 15.1 Å². The van der Waals surface area contributed by atoms with E-state index in [1.165, 1.54) is 0 Å². The lowest BCUT2D eigenvalue weighted by Gasteiger charge is -2.08. The van der Waals surface area contributed by atoms with Crippen LogP contribution < -0.4 is 5.32 Å². The number of H-pyrrole nitrogens is 1. The van der Waals surface area contributed by atoms with Gasteiger partial charge in [-0.05, 0) is 12.1 Å². The smallest absolute Gasteiger partial charge is 0.133 e. The van der Waals surface area contributed by atoms with E-state index in [2.05, 4.69) is 40.4 Å². The minimum Gasteiger partial charge on any atom is -0.394 e. The molecule has 0 unspecified atom stereocenters. The molecule has 24 heavy (non-hydrogen) atoms. The lowest BCUT2D eigenvalue weighted by Crippen LogP contribution is -2.26. The molecule has 0 amide bonds. The number of fused-ring (bicyclic) bond motifs is 1. The van der Waals surface area contributed by atoms with Crippen LogP contribution in [0.1, 0.15) is 25.1 Å². The van der Waals surface area contributed by atoms with Crippen molar-refractivity contribution in [1.29, 1.82) is 0 Å². The van der Waals surface area contributed by atoms with Gasteiger partial charge in [0, 0.05) is 29.7 Å². The summed E-state index contributed by atoms with van der Waals surface area (Å²) >= 11 is 0. The van der Waals surface area contributed by atoms with Gasteiger partial charge in [0.2, 0.25) is 0 Å². The van der Waals surface area contributed by atoms with Gasteiger partial charge in [0.05, 0.1) is 17.4 Å². The second-order valence-electron chi connectivity index (χ2n) is 5.89. The lowest BCUT2D eigenvalue weighted by molar-refractivity contribution is 0.145. The maximum absolute atomic E-state index is 5.54. The van der Waals surface area contributed by atoms with Gasteiger partial charge in [0.15, 0.2) is 0 Å². The number of nitrogens with zero attached hydrogens (tertiary/aromatic N) is 2. The monoisotopic (exact) mass is 322 g/mol. The van der Waals surface area contributed by atoms with Crippen molar-refractivity contribution >= 4 is 16.6 Å². The normalized spacial score (nSPS) is 12.0. The first-order chi connectivity index (χ1) is 11.7. The summed E-state index contributed by atoms with van der Waals surface area (Å²) < 4.78 is 0. The predicted molar refractivity (Wildman–Crippen MR) is 97.3 cm³/mol. The zero-order valence-electron chi connectivity index (χ0n) is 14.0. The molecule has 0 atom stereocenters. The van der Waals surface area contributed by atoms with Crippen molar-refractivity contribution in [1.82, 2.24) is 15.3 Å². The van der Waals surface area contributed by atoms with Gasteiger partial charge in [0.25, 0.3) is 0 Å². The first-order valence-corrected chi connectivity index (χ1v) is 8.16. The molecule has 2 N–H and O–H groups in total. The van der Waals surface area contributed by atoms with Crippen LogP contribution in [0.3, 0.4) is 0 Å². The lowest BCUT2D eigenvalue weighted by atomic mass is 10.1. The number of nitrogens with one attached hydrogen (secondary N) is 2. The van der Waals surface area contributed by atoms with Gasteiger partial charge in [-0.1, -0.05) is 49.3 Å². The maximum Gasteiger partial charge on any atom is 0.133 e. The molecule has 2 aromatic heterocycles. The molecule has 0 fully saturated rings. The van der Waals surface area contributed by atoms with Crippen LogP contribution in [0.5, 0.6) is 0 Å². The van der Waals surface area contributed by atoms with E-state index in [0.29, 0.717) is 12.6 Å². The Morgan fingerprint density at radius 1 is 1.25 bits per heavy atom. The van der Waals surface area contributed by atoms with Crippen LogP contribution in [0, 0.1) is 0 Å². The maximum atomic E-state index is 5.54.